The van der Waals surface area contributed by atoms with Crippen LogP contribution in [-0.2, 0) is 6.18 Å². The summed E-state index contributed by atoms with van der Waals surface area (Å²) in [6, 6.07) is 11.8. The van der Waals surface area contributed by atoms with Gasteiger partial charge in [-0.2, -0.15) is 13.2 Å². The molecular weight excluding hydrogens is 277 g/mol. The molecule has 0 radical (unpaired) electrons. The van der Waals surface area contributed by atoms with Crippen LogP contribution in [0.5, 0.6) is 0 Å². The molecule has 0 aromatic heterocycles. The van der Waals surface area contributed by atoms with Crippen molar-refractivity contribution in [3.63, 3.8) is 0 Å². The molecule has 4 heteroatoms. The molecule has 108 valence electrons. The van der Waals surface area contributed by atoms with E-state index in [-0.39, 0.29) is 11.3 Å². The Morgan fingerprint density at radius 2 is 1.52 bits per heavy atom. The van der Waals surface area contributed by atoms with Gasteiger partial charge in [-0.1, -0.05) is 48.0 Å². The first-order valence-corrected chi connectivity index (χ1v) is 6.32. The molecule has 0 heterocycles. The molecule has 0 spiro atoms. The van der Waals surface area contributed by atoms with Crippen LogP contribution < -0.4 is 0 Å². The number of benzene rings is 2. The van der Waals surface area contributed by atoms with E-state index in [4.69, 9.17) is 0 Å². The van der Waals surface area contributed by atoms with E-state index in [0.29, 0.717) is 0 Å². The number of hydrogen-bond acceptors (Lipinski definition) is 1. The van der Waals surface area contributed by atoms with Crippen LogP contribution in [0.1, 0.15) is 27.0 Å². The van der Waals surface area contributed by atoms with Crippen LogP contribution >= 0.6 is 0 Å². The highest BCUT2D eigenvalue weighted by atomic mass is 19.4. The van der Waals surface area contributed by atoms with Gasteiger partial charge in [0.2, 0.25) is 0 Å². The third kappa shape index (κ3) is 4.05. The van der Waals surface area contributed by atoms with Crippen LogP contribution in [-0.4, -0.2) is 5.78 Å². The molecule has 2 aromatic carbocycles. The number of carbonyl (C=O) groups excluding carboxylic acids is 1. The Hall–Kier alpha value is -2.36. The highest BCUT2D eigenvalue weighted by Gasteiger charge is 2.30. The predicted molar refractivity (Wildman–Crippen MR) is 76.0 cm³/mol. The molecule has 0 amide bonds. The molecule has 0 saturated carbocycles. The monoisotopic (exact) mass is 290 g/mol. The molecule has 0 N–H and O–H groups in total. The standard InChI is InChI=1S/C17H13F3O/c1-12-2-4-13(5-3-12)6-11-16(21)14-7-9-15(10-8-14)17(18,19)20/h2-11H,1H3/b11-6+. The predicted octanol–water partition coefficient (Wildman–Crippen LogP) is 4.91. The van der Waals surface area contributed by atoms with Crippen molar-refractivity contribution in [1.29, 1.82) is 0 Å². The second kappa shape index (κ2) is 5.95. The highest BCUT2D eigenvalue weighted by Crippen LogP contribution is 2.29. The highest BCUT2D eigenvalue weighted by molar-refractivity contribution is 6.06. The summed E-state index contributed by atoms with van der Waals surface area (Å²) in [6.07, 6.45) is -1.40. The summed E-state index contributed by atoms with van der Waals surface area (Å²) in [5, 5.41) is 0. The van der Waals surface area contributed by atoms with Gasteiger partial charge in [-0.15, -0.1) is 0 Å². The van der Waals surface area contributed by atoms with Crippen molar-refractivity contribution in [1.82, 2.24) is 0 Å². The number of hydrogen-bond donors (Lipinski definition) is 0. The minimum atomic E-state index is -4.39. The molecule has 21 heavy (non-hydrogen) atoms. The lowest BCUT2D eigenvalue weighted by atomic mass is 10.1. The molecule has 0 fully saturated rings. The quantitative estimate of drug-likeness (QED) is 0.580. The van der Waals surface area contributed by atoms with Crippen LogP contribution in [0.4, 0.5) is 13.2 Å². The van der Waals surface area contributed by atoms with E-state index in [0.717, 1.165) is 23.3 Å². The minimum absolute atomic E-state index is 0.228. The number of ketones is 1. The van der Waals surface area contributed by atoms with Crippen molar-refractivity contribution >= 4 is 11.9 Å². The van der Waals surface area contributed by atoms with E-state index in [1.54, 1.807) is 6.08 Å². The molecule has 0 aliphatic heterocycles. The van der Waals surface area contributed by atoms with Crippen LogP contribution in [0.2, 0.25) is 0 Å². The maximum absolute atomic E-state index is 12.4. The lowest BCUT2D eigenvalue weighted by molar-refractivity contribution is -0.137. The Kier molecular flexibility index (Phi) is 4.26. The normalized spacial score (nSPS) is 11.8. The van der Waals surface area contributed by atoms with E-state index in [2.05, 4.69) is 0 Å². The van der Waals surface area contributed by atoms with Crippen LogP contribution in [0.15, 0.2) is 54.6 Å². The van der Waals surface area contributed by atoms with Gasteiger partial charge in [0.15, 0.2) is 5.78 Å². The summed E-state index contributed by atoms with van der Waals surface area (Å²) in [5.74, 6) is -0.329. The van der Waals surface area contributed by atoms with Gasteiger partial charge in [-0.05, 0) is 30.7 Å². The van der Waals surface area contributed by atoms with Crippen molar-refractivity contribution in [3.05, 3.63) is 76.9 Å². The lowest BCUT2D eigenvalue weighted by Gasteiger charge is -2.06. The second-order valence-corrected chi connectivity index (χ2v) is 4.68. The van der Waals surface area contributed by atoms with Crippen LogP contribution in [0.25, 0.3) is 6.08 Å². The van der Waals surface area contributed by atoms with Crippen molar-refractivity contribution in [2.45, 2.75) is 13.1 Å². The number of rotatable bonds is 3. The molecule has 0 bridgehead atoms. The smallest absolute Gasteiger partial charge is 0.289 e. The van der Waals surface area contributed by atoms with Gasteiger partial charge in [0.05, 0.1) is 5.56 Å². The van der Waals surface area contributed by atoms with Gasteiger partial charge in [-0.3, -0.25) is 4.79 Å². The maximum atomic E-state index is 12.4. The average molecular weight is 290 g/mol. The summed E-state index contributed by atoms with van der Waals surface area (Å²) >= 11 is 0. The van der Waals surface area contributed by atoms with E-state index >= 15 is 0 Å². The van der Waals surface area contributed by atoms with E-state index < -0.39 is 11.7 Å². The summed E-state index contributed by atoms with van der Waals surface area (Å²) in [6.45, 7) is 1.96. The number of aryl methyl sites for hydroxylation is 1. The fourth-order valence-corrected chi connectivity index (χ4v) is 1.77. The third-order valence-electron chi connectivity index (χ3n) is 3.00. The molecule has 0 aliphatic carbocycles. The third-order valence-corrected chi connectivity index (χ3v) is 3.00. The Labute approximate surface area is 120 Å². The van der Waals surface area contributed by atoms with Gasteiger partial charge < -0.3 is 0 Å². The Morgan fingerprint density at radius 1 is 0.952 bits per heavy atom. The zero-order valence-corrected chi connectivity index (χ0v) is 11.3. The first kappa shape index (κ1) is 15.0. The summed E-state index contributed by atoms with van der Waals surface area (Å²) in [7, 11) is 0. The van der Waals surface area contributed by atoms with Gasteiger partial charge >= 0.3 is 6.18 Å². The zero-order valence-electron chi connectivity index (χ0n) is 11.3. The zero-order chi connectivity index (χ0) is 15.5. The molecule has 2 rings (SSSR count). The fraction of sp³-hybridized carbons (Fsp3) is 0.118. The molecule has 0 atom stereocenters. The lowest BCUT2D eigenvalue weighted by Crippen LogP contribution is -2.05. The summed E-state index contributed by atoms with van der Waals surface area (Å²) < 4.78 is 37.3. The van der Waals surface area contributed by atoms with Gasteiger partial charge in [0, 0.05) is 5.56 Å². The van der Waals surface area contributed by atoms with Crippen molar-refractivity contribution < 1.29 is 18.0 Å². The van der Waals surface area contributed by atoms with E-state index in [1.165, 1.54) is 18.2 Å². The van der Waals surface area contributed by atoms with E-state index in [9.17, 15) is 18.0 Å². The second-order valence-electron chi connectivity index (χ2n) is 4.68. The molecule has 1 nitrogen and oxygen atoms in total. The molecule has 2 aromatic rings. The number of alkyl halides is 3. The first-order valence-electron chi connectivity index (χ1n) is 6.32. The fourth-order valence-electron chi connectivity index (χ4n) is 1.77. The summed E-state index contributed by atoms with van der Waals surface area (Å²) in [4.78, 5) is 11.9. The minimum Gasteiger partial charge on any atom is -0.289 e. The van der Waals surface area contributed by atoms with Crippen molar-refractivity contribution in [2.75, 3.05) is 0 Å². The largest absolute Gasteiger partial charge is 0.416 e. The number of carbonyl (C=O) groups is 1. The molecule has 0 saturated heterocycles. The summed E-state index contributed by atoms with van der Waals surface area (Å²) in [5.41, 5.74) is 1.44. The SMILES string of the molecule is Cc1ccc(/C=C/C(=O)c2ccc(C(F)(F)F)cc2)cc1. The number of allylic oxidation sites excluding steroid dienone is 1. The van der Waals surface area contributed by atoms with Gasteiger partial charge in [0.25, 0.3) is 0 Å². The van der Waals surface area contributed by atoms with Crippen molar-refractivity contribution in [3.8, 4) is 0 Å². The molecule has 0 aliphatic rings. The van der Waals surface area contributed by atoms with E-state index in [1.807, 2.05) is 31.2 Å². The Morgan fingerprint density at radius 3 is 2.05 bits per heavy atom. The Bertz CT molecular complexity index is 650. The van der Waals surface area contributed by atoms with Gasteiger partial charge in [0.1, 0.15) is 0 Å². The molecular formula is C17H13F3O. The molecule has 0 unspecified atom stereocenters. The Balaban J connectivity index is 2.11. The first-order chi connectivity index (χ1) is 9.86. The van der Waals surface area contributed by atoms with Crippen molar-refractivity contribution in [2.24, 2.45) is 0 Å². The topological polar surface area (TPSA) is 17.1 Å². The van der Waals surface area contributed by atoms with Crippen LogP contribution in [0.3, 0.4) is 0 Å². The average Bonchev–Trinajstić information content (AvgIpc) is 2.45. The maximum Gasteiger partial charge on any atom is 0.416 e. The van der Waals surface area contributed by atoms with Crippen LogP contribution in [0, 0.1) is 6.92 Å². The number of halogens is 3. The van der Waals surface area contributed by atoms with Gasteiger partial charge in [-0.25, -0.2) is 0 Å².